The maximum Gasteiger partial charge on any atom is 0.237 e. The number of carbonyl (C=O) groups is 2. The molecule has 2 aliphatic carbocycles. The van der Waals surface area contributed by atoms with E-state index in [0.29, 0.717) is 30.8 Å². The van der Waals surface area contributed by atoms with Gasteiger partial charge in [0, 0.05) is 37.1 Å². The van der Waals surface area contributed by atoms with Crippen molar-refractivity contribution in [3.63, 3.8) is 0 Å². The van der Waals surface area contributed by atoms with Crippen LogP contribution in [0.1, 0.15) is 84.1 Å². The molecule has 2 N–H and O–H groups in total. The van der Waals surface area contributed by atoms with Crippen molar-refractivity contribution in [1.29, 1.82) is 0 Å². The second kappa shape index (κ2) is 12.8. The molecule has 6 nitrogen and oxygen atoms in total. The summed E-state index contributed by atoms with van der Waals surface area (Å²) in [6, 6.07) is 10.3. The molecule has 2 aliphatic heterocycles. The molecule has 7 atom stereocenters. The summed E-state index contributed by atoms with van der Waals surface area (Å²) in [5, 5.41) is 14.7. The number of nitrogens with zero attached hydrogens (tertiary/aromatic N) is 2. The van der Waals surface area contributed by atoms with E-state index in [2.05, 4.69) is 46.6 Å². The molecule has 220 valence electrons. The van der Waals surface area contributed by atoms with Crippen molar-refractivity contribution in [3.05, 3.63) is 48.0 Å². The first-order valence-corrected chi connectivity index (χ1v) is 15.9. The predicted molar refractivity (Wildman–Crippen MR) is 160 cm³/mol. The average molecular weight is 550 g/mol. The van der Waals surface area contributed by atoms with E-state index in [1.807, 2.05) is 31.7 Å². The fourth-order valence-electron chi connectivity index (χ4n) is 7.95. The molecule has 2 amide bonds. The minimum absolute atomic E-state index is 0.000702. The van der Waals surface area contributed by atoms with Crippen molar-refractivity contribution in [2.75, 3.05) is 19.6 Å². The molecule has 2 heterocycles. The van der Waals surface area contributed by atoms with Crippen molar-refractivity contribution >= 4 is 11.8 Å². The van der Waals surface area contributed by atoms with Crippen molar-refractivity contribution in [3.8, 4) is 0 Å². The Kier molecular flexibility index (Phi) is 9.36. The van der Waals surface area contributed by atoms with Crippen LogP contribution in [0, 0.1) is 23.7 Å². The number of hydrogen-bond acceptors (Lipinski definition) is 4. The number of aliphatic hydroxyl groups excluding tert-OH is 1. The van der Waals surface area contributed by atoms with Gasteiger partial charge in [-0.25, -0.2) is 0 Å². The number of carbonyl (C=O) groups excluding carboxylic acids is 2. The standard InChI is InChI=1S/C34H51N3O3/c1-34(2,3)35-32(39)31-19-26-16-10-11-17-27(26)21-36(31)22-29(38)23-37-28(18-24-12-6-4-7-13-24)20-30(33(37)40)25-14-8-5-9-15-25/h4,6-8,12-14,25-31,38H,5,9-11,15-23H2,1-3H3,(H,35,39)/t25?,26-,27+,28-,29?,30?,31?/m0/s1. The van der Waals surface area contributed by atoms with Gasteiger partial charge < -0.3 is 15.3 Å². The summed E-state index contributed by atoms with van der Waals surface area (Å²) in [4.78, 5) is 31.5. The van der Waals surface area contributed by atoms with E-state index in [-0.39, 0.29) is 35.4 Å². The minimum Gasteiger partial charge on any atom is -0.390 e. The Morgan fingerprint density at radius 2 is 1.77 bits per heavy atom. The van der Waals surface area contributed by atoms with Gasteiger partial charge in [-0.15, -0.1) is 0 Å². The van der Waals surface area contributed by atoms with Gasteiger partial charge in [-0.3, -0.25) is 14.5 Å². The number of fused-ring (bicyclic) bond motifs is 1. The van der Waals surface area contributed by atoms with Gasteiger partial charge in [0.1, 0.15) is 0 Å². The highest BCUT2D eigenvalue weighted by Crippen LogP contribution is 2.40. The first kappa shape index (κ1) is 29.3. The Bertz CT molecular complexity index is 1030. The second-order valence-corrected chi connectivity index (χ2v) is 14.1. The Morgan fingerprint density at radius 3 is 2.48 bits per heavy atom. The summed E-state index contributed by atoms with van der Waals surface area (Å²) < 4.78 is 0. The number of rotatable bonds is 8. The van der Waals surface area contributed by atoms with Crippen LogP contribution in [0.2, 0.25) is 0 Å². The van der Waals surface area contributed by atoms with Crippen LogP contribution in [-0.2, 0) is 16.0 Å². The summed E-state index contributed by atoms with van der Waals surface area (Å²) in [5.74, 6) is 1.77. The summed E-state index contributed by atoms with van der Waals surface area (Å²) in [7, 11) is 0. The molecule has 3 fully saturated rings. The first-order chi connectivity index (χ1) is 19.2. The maximum absolute atomic E-state index is 13.9. The lowest BCUT2D eigenvalue weighted by atomic mass is 9.72. The van der Waals surface area contributed by atoms with Crippen LogP contribution in [0.15, 0.2) is 42.5 Å². The van der Waals surface area contributed by atoms with Crippen LogP contribution in [-0.4, -0.2) is 70.1 Å². The van der Waals surface area contributed by atoms with Crippen LogP contribution >= 0.6 is 0 Å². The van der Waals surface area contributed by atoms with Crippen LogP contribution in [0.5, 0.6) is 0 Å². The van der Waals surface area contributed by atoms with E-state index in [1.165, 1.54) is 31.2 Å². The smallest absolute Gasteiger partial charge is 0.237 e. The SMILES string of the molecule is CC(C)(C)NC(=O)C1C[C@@H]2CCCC[C@@H]2CN1CC(O)CN1C(=O)C(C2C=CCCC2)C[C@@H]1Cc1ccccc1. The van der Waals surface area contributed by atoms with Gasteiger partial charge in [0.25, 0.3) is 0 Å². The molecule has 0 radical (unpaired) electrons. The molecule has 0 spiro atoms. The fourth-order valence-corrected chi connectivity index (χ4v) is 7.95. The number of allylic oxidation sites excluding steroid dienone is 2. The normalized spacial score (nSPS) is 32.1. The molecule has 40 heavy (non-hydrogen) atoms. The van der Waals surface area contributed by atoms with E-state index in [4.69, 9.17) is 0 Å². The van der Waals surface area contributed by atoms with Crippen LogP contribution in [0.25, 0.3) is 0 Å². The number of amides is 2. The molecule has 4 unspecified atom stereocenters. The third-order valence-corrected chi connectivity index (χ3v) is 9.85. The molecule has 0 aromatic heterocycles. The molecule has 5 rings (SSSR count). The van der Waals surface area contributed by atoms with Gasteiger partial charge in [-0.05, 0) is 89.0 Å². The summed E-state index contributed by atoms with van der Waals surface area (Å²) >= 11 is 0. The molecule has 1 aromatic rings. The molecule has 1 aromatic carbocycles. The fraction of sp³-hybridized carbons (Fsp3) is 0.706. The molecular weight excluding hydrogens is 498 g/mol. The third kappa shape index (κ3) is 7.17. The Balaban J connectivity index is 1.30. The summed E-state index contributed by atoms with van der Waals surface area (Å²) in [6.07, 6.45) is 14.6. The van der Waals surface area contributed by atoms with Gasteiger partial charge in [-0.2, -0.15) is 0 Å². The zero-order chi connectivity index (χ0) is 28.3. The Morgan fingerprint density at radius 1 is 1.02 bits per heavy atom. The van der Waals surface area contributed by atoms with E-state index < -0.39 is 6.10 Å². The molecule has 2 saturated heterocycles. The number of nitrogens with one attached hydrogen (secondary N) is 1. The molecular formula is C34H51N3O3. The van der Waals surface area contributed by atoms with Crippen LogP contribution in [0.3, 0.4) is 0 Å². The summed E-state index contributed by atoms with van der Waals surface area (Å²) in [6.45, 7) is 7.71. The lowest BCUT2D eigenvalue weighted by Gasteiger charge is -2.46. The molecule has 1 saturated carbocycles. The van der Waals surface area contributed by atoms with Crippen molar-refractivity contribution < 1.29 is 14.7 Å². The largest absolute Gasteiger partial charge is 0.390 e. The second-order valence-electron chi connectivity index (χ2n) is 14.1. The lowest BCUT2D eigenvalue weighted by molar-refractivity contribution is -0.136. The lowest BCUT2D eigenvalue weighted by Crippen LogP contribution is -2.59. The monoisotopic (exact) mass is 549 g/mol. The average Bonchev–Trinajstić information content (AvgIpc) is 3.22. The van der Waals surface area contributed by atoms with E-state index >= 15 is 0 Å². The van der Waals surface area contributed by atoms with Crippen molar-refractivity contribution in [2.45, 2.75) is 109 Å². The number of likely N-dealkylation sites (tertiary alicyclic amines) is 2. The van der Waals surface area contributed by atoms with Gasteiger partial charge in [-0.1, -0.05) is 61.7 Å². The number of hydrogen-bond donors (Lipinski definition) is 2. The number of aliphatic hydroxyl groups is 1. The number of benzene rings is 1. The zero-order valence-electron chi connectivity index (χ0n) is 24.9. The van der Waals surface area contributed by atoms with Crippen molar-refractivity contribution in [2.24, 2.45) is 23.7 Å². The minimum atomic E-state index is -0.687. The maximum atomic E-state index is 13.9. The Labute approximate surface area is 241 Å². The van der Waals surface area contributed by atoms with Crippen LogP contribution in [0.4, 0.5) is 0 Å². The third-order valence-electron chi connectivity index (χ3n) is 9.85. The van der Waals surface area contributed by atoms with E-state index in [1.54, 1.807) is 0 Å². The number of piperidine rings is 1. The topological polar surface area (TPSA) is 72.9 Å². The van der Waals surface area contributed by atoms with E-state index in [0.717, 1.165) is 45.1 Å². The highest BCUT2D eigenvalue weighted by atomic mass is 16.3. The van der Waals surface area contributed by atoms with Crippen LogP contribution < -0.4 is 5.32 Å². The van der Waals surface area contributed by atoms with E-state index in [9.17, 15) is 14.7 Å². The number of β-amino-alcohol motifs (C(OH)–C–C–N with tert-alkyl or cyclic N) is 1. The van der Waals surface area contributed by atoms with Gasteiger partial charge in [0.05, 0.1) is 12.1 Å². The summed E-state index contributed by atoms with van der Waals surface area (Å²) in [5.41, 5.74) is 0.943. The van der Waals surface area contributed by atoms with Gasteiger partial charge in [0.2, 0.25) is 11.8 Å². The van der Waals surface area contributed by atoms with Gasteiger partial charge >= 0.3 is 0 Å². The Hall–Kier alpha value is -2.18. The van der Waals surface area contributed by atoms with Gasteiger partial charge in [0.15, 0.2) is 0 Å². The molecule has 0 bridgehead atoms. The highest BCUT2D eigenvalue weighted by molar-refractivity contribution is 5.83. The molecule has 4 aliphatic rings. The highest BCUT2D eigenvalue weighted by Gasteiger charge is 2.45. The first-order valence-electron chi connectivity index (χ1n) is 15.9. The molecule has 6 heteroatoms. The quantitative estimate of drug-likeness (QED) is 0.450. The zero-order valence-corrected chi connectivity index (χ0v) is 24.9. The predicted octanol–water partition coefficient (Wildman–Crippen LogP) is 4.96. The van der Waals surface area contributed by atoms with Crippen molar-refractivity contribution in [1.82, 2.24) is 15.1 Å².